The molecule has 8 heteroatoms. The quantitative estimate of drug-likeness (QED) is 0.617. The first-order chi connectivity index (χ1) is 13.0. The fourth-order valence-corrected chi connectivity index (χ4v) is 2.57. The molecule has 0 bridgehead atoms. The Kier molecular flexibility index (Phi) is 5.97. The third-order valence-electron chi connectivity index (χ3n) is 3.65. The predicted molar refractivity (Wildman–Crippen MR) is 102 cm³/mol. The van der Waals surface area contributed by atoms with Crippen molar-refractivity contribution in [2.45, 2.75) is 6.42 Å². The highest BCUT2D eigenvalue weighted by Crippen LogP contribution is 2.23. The van der Waals surface area contributed by atoms with Gasteiger partial charge in [-0.2, -0.15) is 0 Å². The predicted octanol–water partition coefficient (Wildman–Crippen LogP) is 4.00. The molecule has 0 aliphatic rings. The van der Waals surface area contributed by atoms with Gasteiger partial charge in [-0.15, -0.1) is 0 Å². The average molecular weight is 432 g/mol. The Morgan fingerprint density at radius 3 is 2.59 bits per heavy atom. The van der Waals surface area contributed by atoms with Gasteiger partial charge in [0.25, 0.3) is 5.91 Å². The van der Waals surface area contributed by atoms with E-state index in [2.05, 4.69) is 31.7 Å². The van der Waals surface area contributed by atoms with Gasteiger partial charge in [0.1, 0.15) is 5.82 Å². The van der Waals surface area contributed by atoms with Crippen molar-refractivity contribution >= 4 is 33.4 Å². The molecule has 0 fully saturated rings. The van der Waals surface area contributed by atoms with Gasteiger partial charge < -0.3 is 15.2 Å². The highest BCUT2D eigenvalue weighted by molar-refractivity contribution is 9.10. The minimum absolute atomic E-state index is 0.0153. The van der Waals surface area contributed by atoms with Crippen molar-refractivity contribution in [2.24, 2.45) is 0 Å². The summed E-state index contributed by atoms with van der Waals surface area (Å²) in [6.45, 7) is 0.128. The van der Waals surface area contributed by atoms with Crippen molar-refractivity contribution in [3.8, 4) is 11.3 Å². The molecule has 27 heavy (non-hydrogen) atoms. The second-order valence-electron chi connectivity index (χ2n) is 5.62. The lowest BCUT2D eigenvalue weighted by Gasteiger charge is -2.06. The Morgan fingerprint density at radius 1 is 1.11 bits per heavy atom. The van der Waals surface area contributed by atoms with E-state index in [1.807, 2.05) is 12.1 Å². The van der Waals surface area contributed by atoms with Crippen LogP contribution in [0.15, 0.2) is 63.6 Å². The van der Waals surface area contributed by atoms with E-state index < -0.39 is 11.7 Å². The zero-order valence-corrected chi connectivity index (χ0v) is 15.6. The number of anilines is 1. The molecular formula is C19H15BrFN3O3. The minimum atomic E-state index is -0.502. The van der Waals surface area contributed by atoms with Crippen LogP contribution < -0.4 is 10.6 Å². The molecule has 0 aliphatic heterocycles. The van der Waals surface area contributed by atoms with Gasteiger partial charge in [-0.25, -0.2) is 4.39 Å². The zero-order chi connectivity index (χ0) is 19.2. The standard InChI is InChI=1S/C19H15BrFN3O3/c20-12-5-7-13(8-6-12)23-18(25)9-10-22-19(26)16-11-17(27-24-16)14-3-1-2-4-15(14)21/h1-8,11H,9-10H2,(H,22,26)(H,23,25). The molecule has 0 radical (unpaired) electrons. The van der Waals surface area contributed by atoms with Gasteiger partial charge in [0.05, 0.1) is 5.56 Å². The van der Waals surface area contributed by atoms with E-state index in [0.717, 1.165) is 4.47 Å². The number of nitrogens with one attached hydrogen (secondary N) is 2. The number of carbonyl (C=O) groups is 2. The van der Waals surface area contributed by atoms with Gasteiger partial charge in [-0.3, -0.25) is 9.59 Å². The van der Waals surface area contributed by atoms with Gasteiger partial charge in [0.15, 0.2) is 11.5 Å². The number of aromatic nitrogens is 1. The molecule has 0 saturated heterocycles. The molecule has 2 amide bonds. The lowest BCUT2D eigenvalue weighted by atomic mass is 10.1. The number of carbonyl (C=O) groups excluding carboxylic acids is 2. The van der Waals surface area contributed by atoms with Crippen molar-refractivity contribution in [1.82, 2.24) is 10.5 Å². The molecule has 3 rings (SSSR count). The summed E-state index contributed by atoms with van der Waals surface area (Å²) in [6.07, 6.45) is 0.0970. The number of amides is 2. The van der Waals surface area contributed by atoms with Crippen LogP contribution in [-0.4, -0.2) is 23.5 Å². The largest absolute Gasteiger partial charge is 0.355 e. The van der Waals surface area contributed by atoms with Gasteiger partial charge in [-0.1, -0.05) is 33.2 Å². The Hall–Kier alpha value is -3.00. The Balaban J connectivity index is 1.50. The first-order valence-electron chi connectivity index (χ1n) is 8.08. The van der Waals surface area contributed by atoms with Gasteiger partial charge >= 0.3 is 0 Å². The number of rotatable bonds is 6. The molecule has 0 unspecified atom stereocenters. The van der Waals surface area contributed by atoms with Crippen molar-refractivity contribution in [3.05, 3.63) is 70.6 Å². The summed E-state index contributed by atoms with van der Waals surface area (Å²) in [7, 11) is 0. The lowest BCUT2D eigenvalue weighted by molar-refractivity contribution is -0.116. The van der Waals surface area contributed by atoms with Crippen LogP contribution in [0, 0.1) is 5.82 Å². The van der Waals surface area contributed by atoms with Crippen LogP contribution in [-0.2, 0) is 4.79 Å². The van der Waals surface area contributed by atoms with Crippen molar-refractivity contribution in [1.29, 1.82) is 0 Å². The summed E-state index contributed by atoms with van der Waals surface area (Å²) in [4.78, 5) is 24.0. The SMILES string of the molecule is O=C(CCNC(=O)c1cc(-c2ccccc2F)on1)Nc1ccc(Br)cc1. The van der Waals surface area contributed by atoms with Crippen LogP contribution in [0.25, 0.3) is 11.3 Å². The lowest BCUT2D eigenvalue weighted by Crippen LogP contribution is -2.27. The third-order valence-corrected chi connectivity index (χ3v) is 4.18. The molecular weight excluding hydrogens is 417 g/mol. The van der Waals surface area contributed by atoms with Crippen LogP contribution in [0.2, 0.25) is 0 Å². The number of hydrogen-bond acceptors (Lipinski definition) is 4. The van der Waals surface area contributed by atoms with Crippen molar-refractivity contribution < 1.29 is 18.5 Å². The maximum atomic E-state index is 13.7. The summed E-state index contributed by atoms with van der Waals surface area (Å²) < 4.78 is 19.7. The average Bonchev–Trinajstić information content (AvgIpc) is 3.14. The monoisotopic (exact) mass is 431 g/mol. The highest BCUT2D eigenvalue weighted by atomic mass is 79.9. The van der Waals surface area contributed by atoms with Gasteiger partial charge in [0, 0.05) is 29.2 Å². The first kappa shape index (κ1) is 18.8. The maximum Gasteiger partial charge on any atom is 0.273 e. The molecule has 1 heterocycles. The molecule has 6 nitrogen and oxygen atoms in total. The Labute approximate surface area is 162 Å². The fraction of sp³-hybridized carbons (Fsp3) is 0.105. The molecule has 0 aliphatic carbocycles. The van der Waals surface area contributed by atoms with E-state index in [1.165, 1.54) is 18.2 Å². The summed E-state index contributed by atoms with van der Waals surface area (Å²) in [5, 5.41) is 8.96. The molecule has 2 N–H and O–H groups in total. The van der Waals surface area contributed by atoms with Crippen LogP contribution in [0.1, 0.15) is 16.9 Å². The first-order valence-corrected chi connectivity index (χ1v) is 8.87. The summed E-state index contributed by atoms with van der Waals surface area (Å²) in [5.41, 5.74) is 0.903. The highest BCUT2D eigenvalue weighted by Gasteiger charge is 2.15. The zero-order valence-electron chi connectivity index (χ0n) is 14.0. The third kappa shape index (κ3) is 5.01. The fourth-order valence-electron chi connectivity index (χ4n) is 2.31. The van der Waals surface area contributed by atoms with Crippen LogP contribution in [0.5, 0.6) is 0 Å². The van der Waals surface area contributed by atoms with Gasteiger partial charge in [0.2, 0.25) is 5.91 Å². The van der Waals surface area contributed by atoms with Crippen LogP contribution in [0.4, 0.5) is 10.1 Å². The van der Waals surface area contributed by atoms with E-state index in [9.17, 15) is 14.0 Å². The van der Waals surface area contributed by atoms with E-state index in [0.29, 0.717) is 5.69 Å². The summed E-state index contributed by atoms with van der Waals surface area (Å²) in [5.74, 6) is -1.04. The molecule has 0 spiro atoms. The van der Waals surface area contributed by atoms with Crippen LogP contribution in [0.3, 0.4) is 0 Å². The molecule has 0 saturated carbocycles. The smallest absolute Gasteiger partial charge is 0.273 e. The number of nitrogens with zero attached hydrogens (tertiary/aromatic N) is 1. The molecule has 1 aromatic heterocycles. The van der Waals surface area contributed by atoms with Gasteiger partial charge in [-0.05, 0) is 36.4 Å². The Morgan fingerprint density at radius 2 is 1.85 bits per heavy atom. The molecule has 0 atom stereocenters. The topological polar surface area (TPSA) is 84.2 Å². The minimum Gasteiger partial charge on any atom is -0.355 e. The summed E-state index contributed by atoms with van der Waals surface area (Å²) >= 11 is 3.32. The second kappa shape index (κ2) is 8.59. The molecule has 3 aromatic rings. The van der Waals surface area contributed by atoms with E-state index in [-0.39, 0.29) is 35.9 Å². The van der Waals surface area contributed by atoms with E-state index >= 15 is 0 Å². The molecule has 138 valence electrons. The van der Waals surface area contributed by atoms with Crippen molar-refractivity contribution in [3.63, 3.8) is 0 Å². The van der Waals surface area contributed by atoms with E-state index in [4.69, 9.17) is 4.52 Å². The van der Waals surface area contributed by atoms with Crippen LogP contribution >= 0.6 is 15.9 Å². The second-order valence-corrected chi connectivity index (χ2v) is 6.53. The number of benzene rings is 2. The number of halogens is 2. The molecule has 2 aromatic carbocycles. The Bertz CT molecular complexity index is 957. The van der Waals surface area contributed by atoms with Crippen molar-refractivity contribution in [2.75, 3.05) is 11.9 Å². The van der Waals surface area contributed by atoms with E-state index in [1.54, 1.807) is 24.3 Å². The maximum absolute atomic E-state index is 13.7. The normalized spacial score (nSPS) is 10.4. The number of hydrogen-bond donors (Lipinski definition) is 2. The summed E-state index contributed by atoms with van der Waals surface area (Å²) in [6, 6.07) is 14.6.